The third-order valence-corrected chi connectivity index (χ3v) is 4.40. The summed E-state index contributed by atoms with van der Waals surface area (Å²) >= 11 is 1.88. The van der Waals surface area contributed by atoms with E-state index in [4.69, 9.17) is 0 Å². The van der Waals surface area contributed by atoms with Crippen molar-refractivity contribution in [3.63, 3.8) is 0 Å². The maximum absolute atomic E-state index is 3.53. The summed E-state index contributed by atoms with van der Waals surface area (Å²) in [5, 5.41) is 3.53. The lowest BCUT2D eigenvalue weighted by molar-refractivity contribution is 0.279. The minimum absolute atomic E-state index is 0.987. The van der Waals surface area contributed by atoms with E-state index in [1.54, 1.807) is 0 Å². The van der Waals surface area contributed by atoms with Crippen molar-refractivity contribution in [3.8, 4) is 0 Å². The molecule has 1 aromatic carbocycles. The SMILES string of the molecule is CCN(CCNCc1ccc(C)s1)Cc1ccccc1. The average Bonchev–Trinajstić information content (AvgIpc) is 2.89. The van der Waals surface area contributed by atoms with Gasteiger partial charge in [-0.25, -0.2) is 0 Å². The summed E-state index contributed by atoms with van der Waals surface area (Å²) in [5.41, 5.74) is 1.39. The van der Waals surface area contributed by atoms with Crippen LogP contribution in [0.4, 0.5) is 0 Å². The van der Waals surface area contributed by atoms with Gasteiger partial charge in [0.25, 0.3) is 0 Å². The molecule has 1 N–H and O–H groups in total. The van der Waals surface area contributed by atoms with Crippen LogP contribution in [-0.2, 0) is 13.1 Å². The van der Waals surface area contributed by atoms with Gasteiger partial charge in [-0.15, -0.1) is 11.3 Å². The molecule has 108 valence electrons. The lowest BCUT2D eigenvalue weighted by Gasteiger charge is -2.20. The molecule has 0 radical (unpaired) electrons. The summed E-state index contributed by atoms with van der Waals surface area (Å²) < 4.78 is 0. The molecule has 0 aliphatic rings. The Morgan fingerprint density at radius 2 is 1.90 bits per heavy atom. The standard InChI is InChI=1S/C17H24N2S/c1-3-19(14-16-7-5-4-6-8-16)12-11-18-13-17-10-9-15(2)20-17/h4-10,18H,3,11-14H2,1-2H3. The molecule has 0 aliphatic heterocycles. The quantitative estimate of drug-likeness (QED) is 0.746. The van der Waals surface area contributed by atoms with E-state index in [-0.39, 0.29) is 0 Å². The fourth-order valence-electron chi connectivity index (χ4n) is 2.22. The van der Waals surface area contributed by atoms with Crippen LogP contribution in [0.2, 0.25) is 0 Å². The maximum atomic E-state index is 3.53. The molecule has 0 fully saturated rings. The molecule has 3 heteroatoms. The Hall–Kier alpha value is -1.16. The first-order chi connectivity index (χ1) is 9.78. The normalized spacial score (nSPS) is 11.2. The number of nitrogens with one attached hydrogen (secondary N) is 1. The van der Waals surface area contributed by atoms with Gasteiger partial charge in [-0.3, -0.25) is 4.90 Å². The number of hydrogen-bond donors (Lipinski definition) is 1. The van der Waals surface area contributed by atoms with Crippen LogP contribution in [0.5, 0.6) is 0 Å². The van der Waals surface area contributed by atoms with Gasteiger partial charge in [0, 0.05) is 35.9 Å². The molecular formula is C17H24N2S. The predicted molar refractivity (Wildman–Crippen MR) is 88.2 cm³/mol. The molecule has 0 saturated carbocycles. The lowest BCUT2D eigenvalue weighted by Crippen LogP contribution is -2.31. The molecule has 1 heterocycles. The Labute approximate surface area is 126 Å². The van der Waals surface area contributed by atoms with Crippen LogP contribution in [0.3, 0.4) is 0 Å². The lowest BCUT2D eigenvalue weighted by atomic mass is 10.2. The first-order valence-electron chi connectivity index (χ1n) is 7.30. The van der Waals surface area contributed by atoms with Gasteiger partial charge >= 0.3 is 0 Å². The van der Waals surface area contributed by atoms with Crippen LogP contribution in [0.15, 0.2) is 42.5 Å². The van der Waals surface area contributed by atoms with Crippen LogP contribution in [0, 0.1) is 6.92 Å². The molecule has 2 nitrogen and oxygen atoms in total. The van der Waals surface area contributed by atoms with Gasteiger partial charge in [-0.2, -0.15) is 0 Å². The average molecular weight is 288 g/mol. The van der Waals surface area contributed by atoms with Gasteiger partial charge in [-0.05, 0) is 31.2 Å². The van der Waals surface area contributed by atoms with Crippen LogP contribution in [0.1, 0.15) is 22.2 Å². The van der Waals surface area contributed by atoms with E-state index >= 15 is 0 Å². The maximum Gasteiger partial charge on any atom is 0.0300 e. The Morgan fingerprint density at radius 3 is 2.55 bits per heavy atom. The van der Waals surface area contributed by atoms with Crippen molar-refractivity contribution in [2.24, 2.45) is 0 Å². The van der Waals surface area contributed by atoms with E-state index in [9.17, 15) is 0 Å². The molecule has 20 heavy (non-hydrogen) atoms. The van der Waals surface area contributed by atoms with E-state index in [0.29, 0.717) is 0 Å². The van der Waals surface area contributed by atoms with Crippen molar-refractivity contribution in [2.45, 2.75) is 26.9 Å². The third-order valence-electron chi connectivity index (χ3n) is 3.40. The predicted octanol–water partition coefficient (Wildman–Crippen LogP) is 3.67. The summed E-state index contributed by atoms with van der Waals surface area (Å²) in [6, 6.07) is 15.1. The fraction of sp³-hybridized carbons (Fsp3) is 0.412. The van der Waals surface area contributed by atoms with E-state index in [0.717, 1.165) is 32.7 Å². The highest BCUT2D eigenvalue weighted by atomic mass is 32.1. The molecule has 1 aromatic heterocycles. The van der Waals surface area contributed by atoms with Gasteiger partial charge in [0.05, 0.1) is 0 Å². The molecular weight excluding hydrogens is 264 g/mol. The van der Waals surface area contributed by atoms with E-state index in [1.807, 2.05) is 11.3 Å². The summed E-state index contributed by atoms with van der Waals surface area (Å²) in [6.07, 6.45) is 0. The zero-order chi connectivity index (χ0) is 14.2. The molecule has 0 bridgehead atoms. The number of nitrogens with zero attached hydrogens (tertiary/aromatic N) is 1. The van der Waals surface area contributed by atoms with Gasteiger partial charge in [0.1, 0.15) is 0 Å². The molecule has 0 spiro atoms. The zero-order valence-corrected chi connectivity index (χ0v) is 13.2. The van der Waals surface area contributed by atoms with Crippen molar-refractivity contribution in [1.82, 2.24) is 10.2 Å². The molecule has 0 aliphatic carbocycles. The van der Waals surface area contributed by atoms with Crippen LogP contribution in [-0.4, -0.2) is 24.5 Å². The van der Waals surface area contributed by atoms with Gasteiger partial charge in [-0.1, -0.05) is 37.3 Å². The van der Waals surface area contributed by atoms with Gasteiger partial charge in [0.15, 0.2) is 0 Å². The zero-order valence-electron chi connectivity index (χ0n) is 12.4. The highest BCUT2D eigenvalue weighted by Gasteiger charge is 2.03. The second-order valence-corrected chi connectivity index (χ2v) is 6.42. The number of rotatable bonds is 8. The second kappa shape index (κ2) is 8.20. The van der Waals surface area contributed by atoms with Crippen molar-refractivity contribution < 1.29 is 0 Å². The number of likely N-dealkylation sites (N-methyl/N-ethyl adjacent to an activating group) is 1. The van der Waals surface area contributed by atoms with Crippen molar-refractivity contribution in [1.29, 1.82) is 0 Å². The Morgan fingerprint density at radius 1 is 1.10 bits per heavy atom. The van der Waals surface area contributed by atoms with Crippen LogP contribution in [0.25, 0.3) is 0 Å². The van der Waals surface area contributed by atoms with Crippen molar-refractivity contribution >= 4 is 11.3 Å². The van der Waals surface area contributed by atoms with E-state index in [1.165, 1.54) is 15.3 Å². The van der Waals surface area contributed by atoms with Crippen LogP contribution >= 0.6 is 11.3 Å². The molecule has 2 aromatic rings. The summed E-state index contributed by atoms with van der Waals surface area (Å²) in [6.45, 7) is 9.64. The molecule has 0 unspecified atom stereocenters. The van der Waals surface area contributed by atoms with Gasteiger partial charge in [0.2, 0.25) is 0 Å². The molecule has 2 rings (SSSR count). The number of hydrogen-bond acceptors (Lipinski definition) is 3. The monoisotopic (exact) mass is 288 g/mol. The summed E-state index contributed by atoms with van der Waals surface area (Å²) in [7, 11) is 0. The van der Waals surface area contributed by atoms with E-state index in [2.05, 4.69) is 66.5 Å². The molecule has 0 atom stereocenters. The van der Waals surface area contributed by atoms with Crippen LogP contribution < -0.4 is 5.32 Å². The first kappa shape index (κ1) is 15.2. The Bertz CT molecular complexity index is 493. The smallest absolute Gasteiger partial charge is 0.0300 e. The summed E-state index contributed by atoms with van der Waals surface area (Å²) in [4.78, 5) is 5.29. The molecule has 0 saturated heterocycles. The van der Waals surface area contributed by atoms with Crippen molar-refractivity contribution in [3.05, 3.63) is 57.8 Å². The Balaban J connectivity index is 1.68. The first-order valence-corrected chi connectivity index (χ1v) is 8.12. The minimum atomic E-state index is 0.987. The number of benzene rings is 1. The van der Waals surface area contributed by atoms with Crippen molar-refractivity contribution in [2.75, 3.05) is 19.6 Å². The number of aryl methyl sites for hydroxylation is 1. The second-order valence-electron chi connectivity index (χ2n) is 5.04. The summed E-state index contributed by atoms with van der Waals surface area (Å²) in [5.74, 6) is 0. The molecule has 0 amide bonds. The van der Waals surface area contributed by atoms with Gasteiger partial charge < -0.3 is 5.32 Å². The topological polar surface area (TPSA) is 15.3 Å². The minimum Gasteiger partial charge on any atom is -0.311 e. The number of thiophene rings is 1. The Kier molecular flexibility index (Phi) is 6.25. The third kappa shape index (κ3) is 5.08. The van der Waals surface area contributed by atoms with E-state index < -0.39 is 0 Å². The fourth-order valence-corrected chi connectivity index (χ4v) is 3.08. The largest absolute Gasteiger partial charge is 0.311 e. The highest BCUT2D eigenvalue weighted by molar-refractivity contribution is 7.11. The highest BCUT2D eigenvalue weighted by Crippen LogP contribution is 2.14.